The van der Waals surface area contributed by atoms with Gasteiger partial charge in [0, 0.05) is 0 Å². The van der Waals surface area contributed by atoms with Crippen LogP contribution in [0.5, 0.6) is 0 Å². The molecule has 0 aromatic heterocycles. The van der Waals surface area contributed by atoms with Gasteiger partial charge in [-0.3, -0.25) is 4.55 Å². The second-order valence-corrected chi connectivity index (χ2v) is 2.92. The monoisotopic (exact) mass is 268 g/mol. The zero-order valence-electron chi connectivity index (χ0n) is 7.04. The third-order valence-corrected chi connectivity index (χ3v) is 0.758. The summed E-state index contributed by atoms with van der Waals surface area (Å²) >= 11 is 0. The Kier molecular flexibility index (Phi) is 21.2. The van der Waals surface area contributed by atoms with E-state index in [0.29, 0.717) is 0 Å². The van der Waals surface area contributed by atoms with Gasteiger partial charge in [-0.05, 0) is 0 Å². The van der Waals surface area contributed by atoms with Crippen LogP contribution < -0.4 is 41.9 Å². The summed E-state index contributed by atoms with van der Waals surface area (Å²) < 4.78 is 60.2. The van der Waals surface area contributed by atoms with Gasteiger partial charge >= 0.3 is 40.0 Å². The standard InChI is InChI=1S/2H3N.Na.H2O8S2.H2O/c;;;1-9(2,3)7-8-10(4,5)6;/h2*1H3;;(H,1,2,3)(H,4,5,6);1H2/q;;+1;;/p-1. The summed E-state index contributed by atoms with van der Waals surface area (Å²) in [6, 6.07) is 0. The summed E-state index contributed by atoms with van der Waals surface area (Å²) in [5.41, 5.74) is 0. The molecule has 14 heavy (non-hydrogen) atoms. The van der Waals surface area contributed by atoms with E-state index in [0.717, 1.165) is 0 Å². The molecular weight excluding hydrogens is 259 g/mol. The average molecular weight is 268 g/mol. The van der Waals surface area contributed by atoms with Crippen molar-refractivity contribution in [3.63, 3.8) is 0 Å². The second kappa shape index (κ2) is 10.1. The van der Waals surface area contributed by atoms with Crippen molar-refractivity contribution in [2.75, 3.05) is 0 Å². The van der Waals surface area contributed by atoms with Crippen LogP contribution in [0.4, 0.5) is 0 Å². The molecule has 86 valence electrons. The summed E-state index contributed by atoms with van der Waals surface area (Å²) in [5.74, 6) is 0. The van der Waals surface area contributed by atoms with Crippen LogP contribution >= 0.6 is 0 Å². The van der Waals surface area contributed by atoms with Crippen LogP contribution in [0, 0.1) is 0 Å². The molecule has 0 aliphatic carbocycles. The molecule has 9 N–H and O–H groups in total. The Labute approximate surface area is 102 Å². The van der Waals surface area contributed by atoms with Crippen molar-refractivity contribution in [3.05, 3.63) is 0 Å². The predicted molar refractivity (Wildman–Crippen MR) is 37.1 cm³/mol. The van der Waals surface area contributed by atoms with Gasteiger partial charge in [0.15, 0.2) is 0 Å². The van der Waals surface area contributed by atoms with Crippen LogP contribution in [0.2, 0.25) is 0 Å². The minimum Gasteiger partial charge on any atom is -0.724 e. The minimum atomic E-state index is -5.27. The van der Waals surface area contributed by atoms with Crippen LogP contribution in [0.25, 0.3) is 0 Å². The Hall–Kier alpha value is 0.620. The number of hydrogen-bond donors (Lipinski definition) is 3. The SMILES string of the molecule is N.N.O.O=S(=O)([O-])OOS(=O)(=O)O.[Na+]. The van der Waals surface area contributed by atoms with Gasteiger partial charge in [0.05, 0.1) is 0 Å². The van der Waals surface area contributed by atoms with E-state index in [1.54, 1.807) is 0 Å². The molecule has 0 fully saturated rings. The zero-order chi connectivity index (χ0) is 8.41. The van der Waals surface area contributed by atoms with Gasteiger partial charge < -0.3 is 22.3 Å². The molecule has 0 saturated heterocycles. The van der Waals surface area contributed by atoms with Crippen molar-refractivity contribution in [2.24, 2.45) is 0 Å². The predicted octanol–water partition coefficient (Wildman–Crippen LogP) is -5.30. The fourth-order valence-corrected chi connectivity index (χ4v) is 0.622. The largest absolute Gasteiger partial charge is 1.00 e. The van der Waals surface area contributed by atoms with E-state index >= 15 is 0 Å². The number of rotatable bonds is 3. The molecule has 0 aliphatic heterocycles. The van der Waals surface area contributed by atoms with E-state index in [1.165, 1.54) is 0 Å². The zero-order valence-corrected chi connectivity index (χ0v) is 10.7. The first-order valence-corrected chi connectivity index (χ1v) is 4.21. The van der Waals surface area contributed by atoms with Crippen LogP contribution in [0.1, 0.15) is 0 Å². The molecular formula is H9N2NaO9S2. The summed E-state index contributed by atoms with van der Waals surface area (Å²) in [4.78, 5) is 0. The van der Waals surface area contributed by atoms with Gasteiger partial charge in [0.2, 0.25) is 10.4 Å². The Morgan fingerprint density at radius 3 is 1.36 bits per heavy atom. The first-order valence-electron chi connectivity index (χ1n) is 1.52. The first-order chi connectivity index (χ1) is 4.21. The van der Waals surface area contributed by atoms with Gasteiger partial charge in [-0.25, -0.2) is 8.42 Å². The van der Waals surface area contributed by atoms with Crippen LogP contribution in [0.3, 0.4) is 0 Å². The molecule has 0 atom stereocenters. The van der Waals surface area contributed by atoms with Crippen molar-refractivity contribution < 1.29 is 69.6 Å². The minimum absolute atomic E-state index is 0. The fourth-order valence-electron chi connectivity index (χ4n) is 0.0691. The van der Waals surface area contributed by atoms with Crippen molar-refractivity contribution in [3.8, 4) is 0 Å². The maximum Gasteiger partial charge on any atom is 1.00 e. The molecule has 0 aromatic carbocycles. The normalized spacial score (nSPS) is 9.57. The third kappa shape index (κ3) is 29.3. The topological polar surface area (TPSA) is 232 Å². The Balaban J connectivity index is -0.0000000675. The molecule has 0 heterocycles. The Morgan fingerprint density at radius 1 is 1.00 bits per heavy atom. The van der Waals surface area contributed by atoms with Crippen molar-refractivity contribution in [2.45, 2.75) is 0 Å². The van der Waals surface area contributed by atoms with E-state index < -0.39 is 20.8 Å². The number of hydrogen-bond acceptors (Lipinski definition) is 9. The molecule has 0 rings (SSSR count). The average Bonchev–Trinajstić information content (AvgIpc) is 1.57. The molecule has 0 radical (unpaired) electrons. The van der Waals surface area contributed by atoms with Gasteiger partial charge in [-0.2, -0.15) is 8.42 Å². The van der Waals surface area contributed by atoms with E-state index in [9.17, 15) is 21.4 Å². The van der Waals surface area contributed by atoms with E-state index in [1.807, 2.05) is 0 Å². The molecule has 14 heteroatoms. The maximum absolute atomic E-state index is 9.48. The smallest absolute Gasteiger partial charge is 0.724 e. The molecule has 0 unspecified atom stereocenters. The van der Waals surface area contributed by atoms with Gasteiger partial charge in [-0.1, -0.05) is 8.67 Å². The van der Waals surface area contributed by atoms with Crippen LogP contribution in [-0.4, -0.2) is 31.4 Å². The second-order valence-electron chi connectivity index (χ2n) is 0.972. The molecule has 11 nitrogen and oxygen atoms in total. The fraction of sp³-hybridized carbons (Fsp3) is 0. The summed E-state index contributed by atoms with van der Waals surface area (Å²) in [5, 5.41) is 0. The van der Waals surface area contributed by atoms with E-state index in [2.05, 4.69) is 8.67 Å². The molecule has 0 aliphatic rings. The summed E-state index contributed by atoms with van der Waals surface area (Å²) in [6.45, 7) is 0. The van der Waals surface area contributed by atoms with E-state index in [-0.39, 0.29) is 47.3 Å². The molecule has 0 spiro atoms. The van der Waals surface area contributed by atoms with Crippen molar-refractivity contribution >= 4 is 20.8 Å². The van der Waals surface area contributed by atoms with Crippen LogP contribution in [0.15, 0.2) is 0 Å². The molecule has 0 saturated carbocycles. The van der Waals surface area contributed by atoms with Crippen LogP contribution in [-0.2, 0) is 29.5 Å². The quantitative estimate of drug-likeness (QED) is 0.144. The Bertz CT molecular complexity index is 257. The summed E-state index contributed by atoms with van der Waals surface area (Å²) in [7, 11) is -10.3. The van der Waals surface area contributed by atoms with E-state index in [4.69, 9.17) is 4.55 Å². The molecule has 0 bridgehead atoms. The van der Waals surface area contributed by atoms with Crippen molar-refractivity contribution in [1.82, 2.24) is 12.3 Å². The van der Waals surface area contributed by atoms with Gasteiger partial charge in [-0.15, -0.1) is 0 Å². The third-order valence-electron chi connectivity index (χ3n) is 0.197. The molecule has 0 amide bonds. The van der Waals surface area contributed by atoms with Crippen molar-refractivity contribution in [1.29, 1.82) is 0 Å². The van der Waals surface area contributed by atoms with Gasteiger partial charge in [0.1, 0.15) is 0 Å². The maximum atomic E-state index is 9.48. The Morgan fingerprint density at radius 2 is 1.29 bits per heavy atom. The van der Waals surface area contributed by atoms with Gasteiger partial charge in [0.25, 0.3) is 0 Å². The first kappa shape index (κ1) is 29.3. The summed E-state index contributed by atoms with van der Waals surface area (Å²) in [6.07, 6.45) is 0. The molecule has 0 aromatic rings.